The molecule has 7 heteroatoms. The summed E-state index contributed by atoms with van der Waals surface area (Å²) in [7, 11) is 2.04. The van der Waals surface area contributed by atoms with Crippen LogP contribution in [0.25, 0.3) is 0 Å². The fraction of sp³-hybridized carbons (Fsp3) is 0.263. The molecule has 4 nitrogen and oxygen atoms in total. The van der Waals surface area contributed by atoms with Crippen LogP contribution in [0.3, 0.4) is 0 Å². The molecule has 1 heterocycles. The topological polar surface area (TPSA) is 33.1 Å². The lowest BCUT2D eigenvalue weighted by molar-refractivity contribution is 0.245. The number of aryl methyl sites for hydroxylation is 1. The highest BCUT2D eigenvalue weighted by molar-refractivity contribution is 7.73. The van der Waals surface area contributed by atoms with Crippen molar-refractivity contribution in [2.45, 2.75) is 26.6 Å². The molecule has 0 saturated heterocycles. The molecule has 3 rings (SSSR count). The minimum absolute atomic E-state index is 0.623. The van der Waals surface area contributed by atoms with Crippen LogP contribution in [0.2, 0.25) is 5.02 Å². The van der Waals surface area contributed by atoms with E-state index in [0.717, 1.165) is 38.3 Å². The van der Waals surface area contributed by atoms with E-state index >= 15 is 0 Å². The van der Waals surface area contributed by atoms with E-state index in [2.05, 4.69) is 52.6 Å². The lowest BCUT2D eigenvalue weighted by Gasteiger charge is -2.16. The van der Waals surface area contributed by atoms with Gasteiger partial charge in [0.05, 0.1) is 6.67 Å². The lowest BCUT2D eigenvalue weighted by atomic mass is 10.1. The molecule has 0 aliphatic carbocycles. The van der Waals surface area contributed by atoms with E-state index < -0.39 is 0 Å². The maximum atomic E-state index is 6.05. The van der Waals surface area contributed by atoms with E-state index in [1.165, 1.54) is 16.9 Å². The average molecular weight is 405 g/mol. The number of hydrogen-bond donors (Lipinski definition) is 1. The van der Waals surface area contributed by atoms with Crippen LogP contribution < -0.4 is 5.32 Å². The number of nitrogens with zero attached hydrogens (tertiary/aromatic N) is 3. The van der Waals surface area contributed by atoms with Crippen LogP contribution in [0.15, 0.2) is 48.5 Å². The predicted octanol–water partition coefficient (Wildman–Crippen LogP) is 5.72. The molecule has 1 aromatic heterocycles. The maximum Gasteiger partial charge on any atom is 0.209 e. The van der Waals surface area contributed by atoms with Crippen LogP contribution in [0, 0.1) is 3.95 Å². The second kappa shape index (κ2) is 8.77. The predicted molar refractivity (Wildman–Crippen MR) is 113 cm³/mol. The van der Waals surface area contributed by atoms with E-state index in [1.54, 1.807) is 0 Å². The van der Waals surface area contributed by atoms with Gasteiger partial charge in [0.1, 0.15) is 0 Å². The number of nitrogens with one attached hydrogen (secondary N) is 1. The van der Waals surface area contributed by atoms with Gasteiger partial charge in [0.25, 0.3) is 0 Å². The first-order valence-electron chi connectivity index (χ1n) is 8.40. The molecule has 0 spiro atoms. The zero-order valence-corrected chi connectivity index (χ0v) is 17.2. The molecule has 0 atom stereocenters. The van der Waals surface area contributed by atoms with Crippen LogP contribution >= 0.6 is 35.2 Å². The number of hydrogen-bond acceptors (Lipinski definition) is 5. The Hall–Kier alpha value is -1.73. The molecule has 136 valence electrons. The van der Waals surface area contributed by atoms with E-state index in [-0.39, 0.29) is 0 Å². The van der Waals surface area contributed by atoms with Crippen LogP contribution in [-0.2, 0) is 19.6 Å². The number of anilines is 2. The van der Waals surface area contributed by atoms with Gasteiger partial charge in [-0.15, -0.1) is 5.10 Å². The standard InChI is InChI=1S/C19H21ClN4S2/c1-3-14-7-9-17(10-8-14)21-18-22-24(19(25)26-18)13-23(2)12-15-5-4-6-16(20)11-15/h4-11H,3,12-13H2,1-2H3,(H,21,22). The maximum absolute atomic E-state index is 6.05. The molecule has 0 bridgehead atoms. The molecule has 0 aliphatic rings. The second-order valence-corrected chi connectivity index (χ2v) is 8.19. The number of benzene rings is 2. The molecule has 0 saturated carbocycles. The van der Waals surface area contributed by atoms with Crippen LogP contribution in [0.1, 0.15) is 18.1 Å². The van der Waals surface area contributed by atoms with Crippen LogP contribution in [0.5, 0.6) is 0 Å². The molecule has 26 heavy (non-hydrogen) atoms. The summed E-state index contributed by atoms with van der Waals surface area (Å²) in [5.41, 5.74) is 3.50. The van der Waals surface area contributed by atoms with E-state index in [0.29, 0.717) is 6.67 Å². The number of aromatic nitrogens is 2. The SMILES string of the molecule is CCc1ccc(Nc2nn(CN(C)Cc3cccc(Cl)c3)c(=S)s2)cc1. The van der Waals surface area contributed by atoms with E-state index in [4.69, 9.17) is 23.8 Å². The smallest absolute Gasteiger partial charge is 0.209 e. The zero-order valence-electron chi connectivity index (χ0n) is 14.8. The highest BCUT2D eigenvalue weighted by Crippen LogP contribution is 2.21. The summed E-state index contributed by atoms with van der Waals surface area (Å²) in [6.07, 6.45) is 1.03. The van der Waals surface area contributed by atoms with E-state index in [9.17, 15) is 0 Å². The summed E-state index contributed by atoms with van der Waals surface area (Å²) in [6, 6.07) is 16.3. The molecular formula is C19H21ClN4S2. The molecule has 0 aliphatic heterocycles. The van der Waals surface area contributed by atoms with Gasteiger partial charge in [-0.25, -0.2) is 4.68 Å². The van der Waals surface area contributed by atoms with Gasteiger partial charge in [0.15, 0.2) is 3.95 Å². The first-order valence-corrected chi connectivity index (χ1v) is 10.0. The van der Waals surface area contributed by atoms with Crippen molar-refractivity contribution in [2.24, 2.45) is 0 Å². The molecule has 1 N–H and O–H groups in total. The monoisotopic (exact) mass is 404 g/mol. The van der Waals surface area contributed by atoms with Gasteiger partial charge in [-0.3, -0.25) is 4.90 Å². The Morgan fingerprint density at radius 1 is 1.19 bits per heavy atom. The highest BCUT2D eigenvalue weighted by atomic mass is 35.5. The Bertz CT molecular complexity index is 918. The van der Waals surface area contributed by atoms with Crippen molar-refractivity contribution in [1.29, 1.82) is 0 Å². The van der Waals surface area contributed by atoms with Crippen molar-refractivity contribution in [3.05, 3.63) is 68.6 Å². The molecular weight excluding hydrogens is 384 g/mol. The van der Waals surface area contributed by atoms with E-state index in [1.807, 2.05) is 29.9 Å². The first kappa shape index (κ1) is 19.0. The first-order chi connectivity index (χ1) is 12.5. The van der Waals surface area contributed by atoms with Crippen molar-refractivity contribution in [3.8, 4) is 0 Å². The highest BCUT2D eigenvalue weighted by Gasteiger charge is 2.08. The molecule has 0 radical (unpaired) electrons. The third kappa shape index (κ3) is 5.14. The zero-order chi connectivity index (χ0) is 18.5. The molecule has 3 aromatic rings. The van der Waals surface area contributed by atoms with Gasteiger partial charge in [-0.05, 0) is 61.1 Å². The quantitative estimate of drug-likeness (QED) is 0.510. The molecule has 0 amide bonds. The van der Waals surface area contributed by atoms with Crippen molar-refractivity contribution >= 4 is 46.0 Å². The Morgan fingerprint density at radius 3 is 2.65 bits per heavy atom. The van der Waals surface area contributed by atoms with Crippen LogP contribution in [0.4, 0.5) is 10.8 Å². The molecule has 0 fully saturated rings. The van der Waals surface area contributed by atoms with Gasteiger partial charge in [-0.1, -0.05) is 54.1 Å². The second-order valence-electron chi connectivity index (χ2n) is 6.13. The summed E-state index contributed by atoms with van der Waals surface area (Å²) in [5.74, 6) is 0. The van der Waals surface area contributed by atoms with Crippen molar-refractivity contribution in [3.63, 3.8) is 0 Å². The van der Waals surface area contributed by atoms with Crippen molar-refractivity contribution in [2.75, 3.05) is 12.4 Å². The largest absolute Gasteiger partial charge is 0.330 e. The minimum atomic E-state index is 0.623. The molecule has 0 unspecified atom stereocenters. The van der Waals surface area contributed by atoms with Gasteiger partial charge in [0, 0.05) is 17.3 Å². The Balaban J connectivity index is 1.64. The Labute approximate surface area is 168 Å². The fourth-order valence-corrected chi connectivity index (χ4v) is 3.84. The van der Waals surface area contributed by atoms with Crippen LogP contribution in [-0.4, -0.2) is 21.7 Å². The summed E-state index contributed by atoms with van der Waals surface area (Å²) in [4.78, 5) is 2.15. The molecule has 2 aromatic carbocycles. The van der Waals surface area contributed by atoms with Gasteiger partial charge < -0.3 is 5.32 Å². The third-order valence-corrected chi connectivity index (χ3v) is 5.39. The number of rotatable bonds is 7. The third-order valence-electron chi connectivity index (χ3n) is 3.94. The summed E-state index contributed by atoms with van der Waals surface area (Å²) in [5, 5.41) is 9.48. The average Bonchev–Trinajstić information content (AvgIpc) is 2.94. The Kier molecular flexibility index (Phi) is 6.43. The summed E-state index contributed by atoms with van der Waals surface area (Å²) in [6.45, 7) is 3.55. The summed E-state index contributed by atoms with van der Waals surface area (Å²) >= 11 is 13.0. The van der Waals surface area contributed by atoms with Gasteiger partial charge >= 0.3 is 0 Å². The minimum Gasteiger partial charge on any atom is -0.330 e. The fourth-order valence-electron chi connectivity index (χ4n) is 2.62. The number of halogens is 1. The van der Waals surface area contributed by atoms with Crippen molar-refractivity contribution < 1.29 is 0 Å². The Morgan fingerprint density at radius 2 is 1.96 bits per heavy atom. The normalized spacial score (nSPS) is 11.1. The van der Waals surface area contributed by atoms with Gasteiger partial charge in [-0.2, -0.15) is 0 Å². The van der Waals surface area contributed by atoms with Crippen molar-refractivity contribution in [1.82, 2.24) is 14.7 Å². The lowest BCUT2D eigenvalue weighted by Crippen LogP contribution is -2.22. The summed E-state index contributed by atoms with van der Waals surface area (Å²) < 4.78 is 2.59. The van der Waals surface area contributed by atoms with Gasteiger partial charge in [0.2, 0.25) is 5.13 Å².